The van der Waals surface area contributed by atoms with E-state index in [4.69, 9.17) is 14.6 Å². The van der Waals surface area contributed by atoms with Crippen molar-refractivity contribution in [2.24, 2.45) is 0 Å². The molecule has 0 bridgehead atoms. The number of esters is 1. The van der Waals surface area contributed by atoms with Crippen LogP contribution >= 0.6 is 0 Å². The van der Waals surface area contributed by atoms with E-state index in [1.807, 2.05) is 54.6 Å². The van der Waals surface area contributed by atoms with Gasteiger partial charge in [-0.1, -0.05) is 127 Å². The number of unbranched alkanes of at least 4 members (excludes halogenated alkanes) is 11. The SMILES string of the molecule is CCCCCCCCC=CCCCCCCCC(=O)O.CCN(CC)CCOC(=O)C(Cc1ccc(OC)cc1)c1ccccc1. The van der Waals surface area contributed by atoms with Crippen LogP contribution in [0.5, 0.6) is 5.75 Å². The van der Waals surface area contributed by atoms with Gasteiger partial charge in [-0.2, -0.15) is 0 Å². The molecule has 0 spiro atoms. The number of hydrogen-bond acceptors (Lipinski definition) is 5. The Balaban J connectivity index is 0.000000479. The molecule has 0 saturated heterocycles. The molecule has 0 amide bonds. The van der Waals surface area contributed by atoms with Crippen LogP contribution in [0.3, 0.4) is 0 Å². The molecule has 0 radical (unpaired) electrons. The quantitative estimate of drug-likeness (QED) is 0.0663. The first-order chi connectivity index (χ1) is 22.4. The molecule has 1 atom stereocenters. The van der Waals surface area contributed by atoms with E-state index in [-0.39, 0.29) is 11.9 Å². The highest BCUT2D eigenvalue weighted by molar-refractivity contribution is 5.78. The fourth-order valence-corrected chi connectivity index (χ4v) is 5.28. The Hall–Kier alpha value is -3.12. The lowest BCUT2D eigenvalue weighted by Crippen LogP contribution is -2.29. The van der Waals surface area contributed by atoms with E-state index in [1.165, 1.54) is 70.6 Å². The lowest BCUT2D eigenvalue weighted by atomic mass is 9.92. The number of likely N-dealkylation sites (N-methyl/N-ethyl adjacent to an activating group) is 1. The van der Waals surface area contributed by atoms with Crippen molar-refractivity contribution in [2.75, 3.05) is 33.4 Å². The van der Waals surface area contributed by atoms with Gasteiger partial charge in [0.1, 0.15) is 12.4 Å². The first kappa shape index (κ1) is 40.9. The molecule has 0 aliphatic rings. The number of carboxylic acids is 1. The number of allylic oxidation sites excluding steroid dienone is 2. The third-order valence-electron chi connectivity index (χ3n) is 8.28. The fourth-order valence-electron chi connectivity index (χ4n) is 5.28. The summed E-state index contributed by atoms with van der Waals surface area (Å²) in [5.74, 6) is -0.324. The Labute approximate surface area is 280 Å². The third kappa shape index (κ3) is 20.8. The van der Waals surface area contributed by atoms with Gasteiger partial charge in [0, 0.05) is 13.0 Å². The van der Waals surface area contributed by atoms with Crippen molar-refractivity contribution in [3.05, 3.63) is 77.9 Å². The van der Waals surface area contributed by atoms with Gasteiger partial charge in [0.2, 0.25) is 0 Å². The summed E-state index contributed by atoms with van der Waals surface area (Å²) in [5, 5.41) is 8.51. The molecule has 0 aliphatic heterocycles. The highest BCUT2D eigenvalue weighted by atomic mass is 16.5. The van der Waals surface area contributed by atoms with Crippen LogP contribution in [-0.2, 0) is 20.7 Å². The fraction of sp³-hybridized carbons (Fsp3) is 0.600. The van der Waals surface area contributed by atoms with E-state index >= 15 is 0 Å². The molecule has 0 heterocycles. The molecule has 1 N–H and O–H groups in total. The molecule has 2 aromatic carbocycles. The first-order valence-corrected chi connectivity index (χ1v) is 17.9. The number of carboxylic acid groups (broad SMARTS) is 1. The summed E-state index contributed by atoms with van der Waals surface area (Å²) in [6.07, 6.45) is 21.8. The highest BCUT2D eigenvalue weighted by Crippen LogP contribution is 2.24. The second kappa shape index (κ2) is 28.1. The van der Waals surface area contributed by atoms with Gasteiger partial charge in [-0.25, -0.2) is 0 Å². The number of rotatable bonds is 25. The maximum atomic E-state index is 12.8. The van der Waals surface area contributed by atoms with Gasteiger partial charge >= 0.3 is 11.9 Å². The van der Waals surface area contributed by atoms with Gasteiger partial charge in [-0.3, -0.25) is 9.59 Å². The third-order valence-corrected chi connectivity index (χ3v) is 8.28. The van der Waals surface area contributed by atoms with Crippen molar-refractivity contribution in [2.45, 2.75) is 123 Å². The smallest absolute Gasteiger partial charge is 0.313 e. The van der Waals surface area contributed by atoms with Crippen LogP contribution in [0.2, 0.25) is 0 Å². The molecule has 0 aromatic heterocycles. The Kier molecular flexibility index (Phi) is 25.0. The van der Waals surface area contributed by atoms with Crippen molar-refractivity contribution in [3.8, 4) is 5.75 Å². The number of aliphatic carboxylic acids is 1. The molecule has 2 aromatic rings. The van der Waals surface area contributed by atoms with Crippen molar-refractivity contribution in [1.82, 2.24) is 4.90 Å². The molecule has 0 fully saturated rings. The molecule has 46 heavy (non-hydrogen) atoms. The van der Waals surface area contributed by atoms with Crippen LogP contribution in [0.1, 0.15) is 128 Å². The minimum Gasteiger partial charge on any atom is -0.497 e. The van der Waals surface area contributed by atoms with Gasteiger partial charge in [-0.15, -0.1) is 0 Å². The zero-order chi connectivity index (χ0) is 33.7. The standard InChI is InChI=1S/C22H29NO3.C18H34O2/c1-4-23(5-2)15-16-26-22(24)21(19-9-7-6-8-10-19)17-18-11-13-20(25-3)14-12-18;1-2-3-4-5-6-7-8-9-10-11-12-13-14-15-16-17-18(19)20/h6-14,21H,4-5,15-17H2,1-3H3;9-10H,2-8,11-17H2,1H3,(H,19,20). The number of methoxy groups -OCH3 is 1. The van der Waals surface area contributed by atoms with Crippen molar-refractivity contribution in [1.29, 1.82) is 0 Å². The van der Waals surface area contributed by atoms with Gasteiger partial charge in [0.25, 0.3) is 0 Å². The van der Waals surface area contributed by atoms with E-state index in [2.05, 4.69) is 37.8 Å². The molecule has 2 rings (SSSR count). The monoisotopic (exact) mass is 637 g/mol. The molecular weight excluding hydrogens is 574 g/mol. The van der Waals surface area contributed by atoms with Crippen molar-refractivity contribution in [3.63, 3.8) is 0 Å². The summed E-state index contributed by atoms with van der Waals surface area (Å²) in [5.41, 5.74) is 2.07. The first-order valence-electron chi connectivity index (χ1n) is 17.9. The molecule has 6 heteroatoms. The summed E-state index contributed by atoms with van der Waals surface area (Å²) in [7, 11) is 1.65. The van der Waals surface area contributed by atoms with Crippen molar-refractivity contribution < 1.29 is 24.2 Å². The number of carbonyl (C=O) groups is 2. The number of nitrogens with zero attached hydrogens (tertiary/aromatic N) is 1. The minimum atomic E-state index is -0.664. The van der Waals surface area contributed by atoms with E-state index in [9.17, 15) is 9.59 Å². The van der Waals surface area contributed by atoms with Gasteiger partial charge in [0.15, 0.2) is 0 Å². The van der Waals surface area contributed by atoms with E-state index in [1.54, 1.807) is 7.11 Å². The summed E-state index contributed by atoms with van der Waals surface area (Å²) in [6.45, 7) is 9.59. The summed E-state index contributed by atoms with van der Waals surface area (Å²) in [4.78, 5) is 25.3. The van der Waals surface area contributed by atoms with Gasteiger partial charge in [0.05, 0.1) is 13.0 Å². The topological polar surface area (TPSA) is 76.1 Å². The summed E-state index contributed by atoms with van der Waals surface area (Å²) < 4.78 is 10.8. The molecule has 0 aliphatic carbocycles. The van der Waals surface area contributed by atoms with Crippen LogP contribution < -0.4 is 4.74 Å². The lowest BCUT2D eigenvalue weighted by molar-refractivity contribution is -0.146. The number of ether oxygens (including phenoxy) is 2. The normalized spacial score (nSPS) is 11.7. The minimum absolute atomic E-state index is 0.167. The second-order valence-corrected chi connectivity index (χ2v) is 11.9. The average Bonchev–Trinajstić information content (AvgIpc) is 3.08. The predicted octanol–water partition coefficient (Wildman–Crippen LogP) is 10.0. The predicted molar refractivity (Wildman–Crippen MR) is 192 cm³/mol. The molecule has 0 saturated carbocycles. The van der Waals surface area contributed by atoms with Crippen LogP contribution in [0.25, 0.3) is 0 Å². The van der Waals surface area contributed by atoms with Crippen molar-refractivity contribution >= 4 is 11.9 Å². The summed E-state index contributed by atoms with van der Waals surface area (Å²) >= 11 is 0. The zero-order valence-corrected chi connectivity index (χ0v) is 29.4. The molecular formula is C40H63NO5. The second-order valence-electron chi connectivity index (χ2n) is 11.9. The van der Waals surface area contributed by atoms with E-state index < -0.39 is 5.97 Å². The van der Waals surface area contributed by atoms with E-state index in [0.29, 0.717) is 19.4 Å². The summed E-state index contributed by atoms with van der Waals surface area (Å²) in [6, 6.07) is 17.7. The number of hydrogen-bond donors (Lipinski definition) is 1. The number of benzene rings is 2. The van der Waals surface area contributed by atoms with Gasteiger partial charge < -0.3 is 19.5 Å². The maximum absolute atomic E-state index is 12.8. The maximum Gasteiger partial charge on any atom is 0.313 e. The Morgan fingerprint density at radius 3 is 1.87 bits per heavy atom. The van der Waals surface area contributed by atoms with E-state index in [0.717, 1.165) is 49.4 Å². The lowest BCUT2D eigenvalue weighted by Gasteiger charge is -2.20. The number of carbonyl (C=O) groups excluding carboxylic acids is 1. The van der Waals surface area contributed by atoms with Crippen LogP contribution in [0.15, 0.2) is 66.7 Å². The Morgan fingerprint density at radius 2 is 1.33 bits per heavy atom. The van der Waals surface area contributed by atoms with Gasteiger partial charge in [-0.05, 0) is 74.9 Å². The Morgan fingerprint density at radius 1 is 0.761 bits per heavy atom. The molecule has 258 valence electrons. The highest BCUT2D eigenvalue weighted by Gasteiger charge is 2.23. The average molecular weight is 638 g/mol. The largest absolute Gasteiger partial charge is 0.497 e. The Bertz CT molecular complexity index is 1030. The molecule has 6 nitrogen and oxygen atoms in total. The van der Waals surface area contributed by atoms with Crippen LogP contribution in [0, 0.1) is 0 Å². The van der Waals surface area contributed by atoms with Crippen LogP contribution in [-0.4, -0.2) is 55.3 Å². The van der Waals surface area contributed by atoms with Crippen LogP contribution in [0.4, 0.5) is 0 Å². The molecule has 1 unspecified atom stereocenters. The zero-order valence-electron chi connectivity index (χ0n) is 29.4.